The Morgan fingerprint density at radius 2 is 1.68 bits per heavy atom. The van der Waals surface area contributed by atoms with Gasteiger partial charge in [0.15, 0.2) is 5.65 Å². The first-order valence-electron chi connectivity index (χ1n) is 8.17. The molecule has 0 unspecified atom stereocenters. The fraction of sp³-hybridized carbons (Fsp3) is 0.150. The van der Waals surface area contributed by atoms with E-state index in [2.05, 4.69) is 72.6 Å². The summed E-state index contributed by atoms with van der Waals surface area (Å²) < 4.78 is 1.83. The zero-order valence-corrected chi connectivity index (χ0v) is 15.0. The molecule has 0 spiro atoms. The molecule has 2 heterocycles. The van der Waals surface area contributed by atoms with Crippen molar-refractivity contribution in [3.8, 4) is 11.3 Å². The molecule has 2 aromatic heterocycles. The largest absolute Gasteiger partial charge is 0.212 e. The third kappa shape index (κ3) is 3.28. The summed E-state index contributed by atoms with van der Waals surface area (Å²) in [6.07, 6.45) is 0. The summed E-state index contributed by atoms with van der Waals surface area (Å²) in [6.45, 7) is 4.21. The maximum absolute atomic E-state index is 4.74. The molecule has 124 valence electrons. The molecule has 0 bridgehead atoms. The van der Waals surface area contributed by atoms with E-state index in [1.165, 1.54) is 16.7 Å². The van der Waals surface area contributed by atoms with Crippen molar-refractivity contribution in [2.45, 2.75) is 24.8 Å². The highest BCUT2D eigenvalue weighted by molar-refractivity contribution is 7.98. The maximum Gasteiger partial charge on any atom is 0.212 e. The van der Waals surface area contributed by atoms with E-state index in [1.54, 1.807) is 11.8 Å². The van der Waals surface area contributed by atoms with Gasteiger partial charge in [-0.25, -0.2) is 0 Å². The third-order valence-electron chi connectivity index (χ3n) is 4.20. The number of aryl methyl sites for hydroxylation is 2. The van der Waals surface area contributed by atoms with Gasteiger partial charge in [0.2, 0.25) is 5.16 Å². The van der Waals surface area contributed by atoms with Crippen LogP contribution in [0.15, 0.2) is 65.8 Å². The van der Waals surface area contributed by atoms with Crippen LogP contribution in [0.5, 0.6) is 0 Å². The molecule has 0 atom stereocenters. The monoisotopic (exact) mass is 346 g/mol. The first kappa shape index (κ1) is 15.8. The SMILES string of the molecule is Cc1ccc(-c2ccc3nnc(SCc4ccccc4C)n3n2)cc1. The van der Waals surface area contributed by atoms with Crippen molar-refractivity contribution in [1.82, 2.24) is 19.8 Å². The lowest BCUT2D eigenvalue weighted by Gasteiger charge is -2.05. The molecule has 25 heavy (non-hydrogen) atoms. The molecule has 4 rings (SSSR count). The minimum absolute atomic E-state index is 0.767. The smallest absolute Gasteiger partial charge is 0.187 e. The summed E-state index contributed by atoms with van der Waals surface area (Å²) >= 11 is 1.66. The van der Waals surface area contributed by atoms with Gasteiger partial charge in [-0.1, -0.05) is 65.9 Å². The van der Waals surface area contributed by atoms with Crippen LogP contribution in [0.2, 0.25) is 0 Å². The Kier molecular flexibility index (Phi) is 4.24. The number of thioether (sulfide) groups is 1. The third-order valence-corrected chi connectivity index (χ3v) is 5.17. The van der Waals surface area contributed by atoms with Crippen LogP contribution >= 0.6 is 11.8 Å². The molecule has 0 amide bonds. The lowest BCUT2D eigenvalue weighted by molar-refractivity contribution is 0.812. The fourth-order valence-corrected chi connectivity index (χ4v) is 3.62. The van der Waals surface area contributed by atoms with Crippen molar-refractivity contribution < 1.29 is 0 Å². The first-order valence-corrected chi connectivity index (χ1v) is 9.16. The maximum atomic E-state index is 4.74. The fourth-order valence-electron chi connectivity index (χ4n) is 2.65. The van der Waals surface area contributed by atoms with E-state index in [9.17, 15) is 0 Å². The number of benzene rings is 2. The minimum atomic E-state index is 0.767. The van der Waals surface area contributed by atoms with Crippen LogP contribution < -0.4 is 0 Å². The lowest BCUT2D eigenvalue weighted by Crippen LogP contribution is -1.97. The molecule has 4 nitrogen and oxygen atoms in total. The molecule has 4 aromatic rings. The van der Waals surface area contributed by atoms with Crippen molar-refractivity contribution >= 4 is 17.4 Å². The Labute approximate surface area is 150 Å². The van der Waals surface area contributed by atoms with Gasteiger partial charge in [0.05, 0.1) is 5.69 Å². The quantitative estimate of drug-likeness (QED) is 0.502. The summed E-state index contributed by atoms with van der Waals surface area (Å²) in [7, 11) is 0. The molecule has 2 aromatic carbocycles. The summed E-state index contributed by atoms with van der Waals surface area (Å²) in [6, 6.07) is 20.7. The number of aromatic nitrogens is 4. The normalized spacial score (nSPS) is 11.1. The molecular formula is C20H18N4S. The molecule has 0 saturated carbocycles. The van der Waals surface area contributed by atoms with E-state index < -0.39 is 0 Å². The Morgan fingerprint density at radius 3 is 2.48 bits per heavy atom. The van der Waals surface area contributed by atoms with Crippen LogP contribution in [0.25, 0.3) is 16.9 Å². The van der Waals surface area contributed by atoms with E-state index >= 15 is 0 Å². The molecule has 0 aliphatic carbocycles. The van der Waals surface area contributed by atoms with E-state index in [4.69, 9.17) is 5.10 Å². The van der Waals surface area contributed by atoms with Gasteiger partial charge >= 0.3 is 0 Å². The highest BCUT2D eigenvalue weighted by atomic mass is 32.2. The summed E-state index contributed by atoms with van der Waals surface area (Å²) in [5, 5.41) is 14.1. The molecule has 0 radical (unpaired) electrons. The van der Waals surface area contributed by atoms with E-state index in [0.29, 0.717) is 0 Å². The van der Waals surface area contributed by atoms with Gasteiger partial charge in [0.1, 0.15) is 0 Å². The van der Waals surface area contributed by atoms with Crippen LogP contribution in [0.1, 0.15) is 16.7 Å². The molecule has 0 aliphatic rings. The highest BCUT2D eigenvalue weighted by Crippen LogP contribution is 2.24. The molecule has 0 fully saturated rings. The molecule has 5 heteroatoms. The zero-order valence-electron chi connectivity index (χ0n) is 14.2. The van der Waals surface area contributed by atoms with Crippen molar-refractivity contribution in [1.29, 1.82) is 0 Å². The van der Waals surface area contributed by atoms with Gasteiger partial charge in [0, 0.05) is 11.3 Å². The topological polar surface area (TPSA) is 43.1 Å². The summed E-state index contributed by atoms with van der Waals surface area (Å²) in [5.74, 6) is 0.851. The van der Waals surface area contributed by atoms with Crippen molar-refractivity contribution in [3.63, 3.8) is 0 Å². The van der Waals surface area contributed by atoms with Gasteiger partial charge in [-0.3, -0.25) is 0 Å². The van der Waals surface area contributed by atoms with Gasteiger partial charge < -0.3 is 0 Å². The highest BCUT2D eigenvalue weighted by Gasteiger charge is 2.10. The predicted molar refractivity (Wildman–Crippen MR) is 102 cm³/mol. The molecule has 0 aliphatic heterocycles. The van der Waals surface area contributed by atoms with Gasteiger partial charge in [-0.15, -0.1) is 10.2 Å². The Hall–Kier alpha value is -2.66. The van der Waals surface area contributed by atoms with Gasteiger partial charge in [0.25, 0.3) is 0 Å². The number of rotatable bonds is 4. The van der Waals surface area contributed by atoms with Crippen LogP contribution in [0.4, 0.5) is 0 Å². The second-order valence-electron chi connectivity index (χ2n) is 6.05. The van der Waals surface area contributed by atoms with Gasteiger partial charge in [-0.2, -0.15) is 9.61 Å². The predicted octanol–water partition coefficient (Wildman–Crippen LogP) is 4.70. The molecular weight excluding hydrogens is 328 g/mol. The molecule has 0 N–H and O–H groups in total. The summed E-state index contributed by atoms with van der Waals surface area (Å²) in [5.41, 5.74) is 6.61. The zero-order chi connectivity index (χ0) is 17.2. The Balaban J connectivity index is 1.64. The number of nitrogens with zero attached hydrogens (tertiary/aromatic N) is 4. The Morgan fingerprint density at radius 1 is 0.880 bits per heavy atom. The second kappa shape index (κ2) is 6.69. The van der Waals surface area contributed by atoms with Crippen molar-refractivity contribution in [2.75, 3.05) is 0 Å². The number of hydrogen-bond donors (Lipinski definition) is 0. The van der Waals surface area contributed by atoms with Crippen LogP contribution in [-0.2, 0) is 5.75 Å². The van der Waals surface area contributed by atoms with Crippen LogP contribution in [0, 0.1) is 13.8 Å². The number of fused-ring (bicyclic) bond motifs is 1. The summed E-state index contributed by atoms with van der Waals surface area (Å²) in [4.78, 5) is 0. The van der Waals surface area contributed by atoms with Crippen LogP contribution in [0.3, 0.4) is 0 Å². The minimum Gasteiger partial charge on any atom is -0.187 e. The standard InChI is InChI=1S/C20H18N4S/c1-14-7-9-16(10-8-14)18-11-12-19-21-22-20(24(19)23-18)25-13-17-6-4-3-5-15(17)2/h3-12H,13H2,1-2H3. The number of hydrogen-bond acceptors (Lipinski definition) is 4. The van der Waals surface area contributed by atoms with Gasteiger partial charge in [-0.05, 0) is 37.1 Å². The van der Waals surface area contributed by atoms with Crippen LogP contribution in [-0.4, -0.2) is 19.8 Å². The average Bonchev–Trinajstić information content (AvgIpc) is 3.04. The average molecular weight is 346 g/mol. The van der Waals surface area contributed by atoms with E-state index in [-0.39, 0.29) is 0 Å². The second-order valence-corrected chi connectivity index (χ2v) is 6.99. The Bertz CT molecular complexity index is 1020. The lowest BCUT2D eigenvalue weighted by atomic mass is 10.1. The first-order chi connectivity index (χ1) is 12.2. The van der Waals surface area contributed by atoms with Crippen molar-refractivity contribution in [3.05, 3.63) is 77.4 Å². The van der Waals surface area contributed by atoms with Crippen molar-refractivity contribution in [2.24, 2.45) is 0 Å². The molecule has 0 saturated heterocycles. The van der Waals surface area contributed by atoms with E-state index in [0.717, 1.165) is 27.8 Å². The van der Waals surface area contributed by atoms with E-state index in [1.807, 2.05) is 16.6 Å².